The average molecular weight is 439 g/mol. The molecule has 0 atom stereocenters. The number of anilines is 1. The van der Waals surface area contributed by atoms with E-state index in [4.69, 9.17) is 16.3 Å². The number of halogens is 1. The molecule has 1 amide bonds. The van der Waals surface area contributed by atoms with Gasteiger partial charge in [0.1, 0.15) is 0 Å². The van der Waals surface area contributed by atoms with E-state index in [0.29, 0.717) is 23.8 Å². The third-order valence-electron chi connectivity index (χ3n) is 4.17. The number of rotatable bonds is 8. The second-order valence-electron chi connectivity index (χ2n) is 6.22. The molecule has 0 aliphatic heterocycles. The molecule has 0 heterocycles. The van der Waals surface area contributed by atoms with E-state index in [0.717, 1.165) is 5.56 Å². The largest absolute Gasteiger partial charge is 0.452 e. The fourth-order valence-corrected chi connectivity index (χ4v) is 4.34. The van der Waals surface area contributed by atoms with Crippen LogP contribution in [0.5, 0.6) is 0 Å². The lowest BCUT2D eigenvalue weighted by Gasteiger charge is -2.18. The van der Waals surface area contributed by atoms with E-state index in [9.17, 15) is 18.0 Å². The summed E-state index contributed by atoms with van der Waals surface area (Å²) in [6, 6.07) is 10.6. The van der Waals surface area contributed by atoms with Crippen LogP contribution in [0.3, 0.4) is 0 Å². The zero-order valence-corrected chi connectivity index (χ0v) is 18.0. The van der Waals surface area contributed by atoms with E-state index in [1.165, 1.54) is 28.6 Å². The molecule has 0 saturated carbocycles. The topological polar surface area (TPSA) is 92.8 Å². The number of sulfonamides is 1. The van der Waals surface area contributed by atoms with Crippen LogP contribution in [0.4, 0.5) is 5.69 Å². The highest BCUT2D eigenvalue weighted by Gasteiger charge is 2.22. The van der Waals surface area contributed by atoms with Crippen LogP contribution >= 0.6 is 11.6 Å². The lowest BCUT2D eigenvalue weighted by Crippen LogP contribution is -2.30. The van der Waals surface area contributed by atoms with Crippen LogP contribution in [-0.4, -0.2) is 44.3 Å². The standard InChI is InChI=1S/C20H23ClN2O5S/c1-4-23(5-2)29(26,27)16-9-7-15(8-10-16)20(25)28-13-19(24)22-18-11-6-14(3)12-17(18)21/h6-12H,4-5,13H2,1-3H3,(H,22,24). The second kappa shape index (κ2) is 9.87. The number of benzene rings is 2. The summed E-state index contributed by atoms with van der Waals surface area (Å²) in [5.74, 6) is -1.27. The predicted molar refractivity (Wildman–Crippen MR) is 112 cm³/mol. The van der Waals surface area contributed by atoms with Crippen molar-refractivity contribution in [3.63, 3.8) is 0 Å². The van der Waals surface area contributed by atoms with Gasteiger partial charge in [-0.2, -0.15) is 4.31 Å². The van der Waals surface area contributed by atoms with Gasteiger partial charge in [0, 0.05) is 13.1 Å². The Morgan fingerprint density at radius 3 is 2.24 bits per heavy atom. The first-order valence-electron chi connectivity index (χ1n) is 9.02. The van der Waals surface area contributed by atoms with Crippen molar-refractivity contribution in [3.05, 3.63) is 58.6 Å². The maximum atomic E-state index is 12.5. The number of amides is 1. The van der Waals surface area contributed by atoms with Gasteiger partial charge < -0.3 is 10.1 Å². The number of nitrogens with one attached hydrogen (secondary N) is 1. The van der Waals surface area contributed by atoms with Crippen molar-refractivity contribution < 1.29 is 22.7 Å². The molecule has 156 valence electrons. The van der Waals surface area contributed by atoms with Crippen LogP contribution in [0.25, 0.3) is 0 Å². The van der Waals surface area contributed by atoms with E-state index < -0.39 is 28.5 Å². The number of carbonyl (C=O) groups is 2. The maximum absolute atomic E-state index is 12.5. The molecule has 0 aliphatic rings. The first kappa shape index (κ1) is 22.9. The minimum absolute atomic E-state index is 0.0875. The van der Waals surface area contributed by atoms with Crippen LogP contribution in [0.1, 0.15) is 29.8 Å². The third-order valence-corrected chi connectivity index (χ3v) is 6.54. The molecule has 0 saturated heterocycles. The summed E-state index contributed by atoms with van der Waals surface area (Å²) < 4.78 is 31.2. The predicted octanol–water partition coefficient (Wildman–Crippen LogP) is 3.47. The molecule has 0 aliphatic carbocycles. The van der Waals surface area contributed by atoms with E-state index in [1.807, 2.05) is 6.92 Å². The highest BCUT2D eigenvalue weighted by molar-refractivity contribution is 7.89. The fraction of sp³-hybridized carbons (Fsp3) is 0.300. The van der Waals surface area contributed by atoms with Crippen LogP contribution < -0.4 is 5.32 Å². The Bertz CT molecular complexity index is 986. The Labute approximate surface area is 175 Å². The zero-order valence-electron chi connectivity index (χ0n) is 16.4. The summed E-state index contributed by atoms with van der Waals surface area (Å²) in [5, 5.41) is 2.95. The Hall–Kier alpha value is -2.42. The van der Waals surface area contributed by atoms with Gasteiger partial charge in [0.15, 0.2) is 6.61 Å². The Balaban J connectivity index is 1.98. The number of nitrogens with zero attached hydrogens (tertiary/aromatic N) is 1. The van der Waals surface area contributed by atoms with Crippen molar-refractivity contribution in [2.24, 2.45) is 0 Å². The molecule has 0 aromatic heterocycles. The smallest absolute Gasteiger partial charge is 0.338 e. The number of carbonyl (C=O) groups excluding carboxylic acids is 2. The molecule has 0 radical (unpaired) electrons. The minimum atomic E-state index is -3.61. The molecule has 2 aromatic rings. The van der Waals surface area contributed by atoms with E-state index in [1.54, 1.807) is 32.0 Å². The molecule has 29 heavy (non-hydrogen) atoms. The van der Waals surface area contributed by atoms with Crippen LogP contribution in [0, 0.1) is 6.92 Å². The Morgan fingerprint density at radius 1 is 1.07 bits per heavy atom. The SMILES string of the molecule is CCN(CC)S(=O)(=O)c1ccc(C(=O)OCC(=O)Nc2ccc(C)cc2Cl)cc1. The average Bonchev–Trinajstić information content (AvgIpc) is 2.69. The molecular weight excluding hydrogens is 416 g/mol. The molecule has 1 N–H and O–H groups in total. The van der Waals surface area contributed by atoms with Crippen molar-refractivity contribution in [3.8, 4) is 0 Å². The highest BCUT2D eigenvalue weighted by atomic mass is 35.5. The van der Waals surface area contributed by atoms with Gasteiger partial charge in [-0.25, -0.2) is 13.2 Å². The van der Waals surface area contributed by atoms with Gasteiger partial charge in [0.05, 0.1) is 21.2 Å². The van der Waals surface area contributed by atoms with Crippen molar-refractivity contribution in [2.75, 3.05) is 25.0 Å². The van der Waals surface area contributed by atoms with E-state index >= 15 is 0 Å². The molecule has 7 nitrogen and oxygen atoms in total. The Kier molecular flexibility index (Phi) is 7.78. The number of hydrogen-bond acceptors (Lipinski definition) is 5. The molecular formula is C20H23ClN2O5S. The minimum Gasteiger partial charge on any atom is -0.452 e. The van der Waals surface area contributed by atoms with Gasteiger partial charge in [-0.15, -0.1) is 0 Å². The molecule has 0 fully saturated rings. The molecule has 0 unspecified atom stereocenters. The number of ether oxygens (including phenoxy) is 1. The molecule has 2 rings (SSSR count). The van der Waals surface area contributed by atoms with Gasteiger partial charge in [-0.3, -0.25) is 4.79 Å². The first-order valence-corrected chi connectivity index (χ1v) is 10.8. The monoisotopic (exact) mass is 438 g/mol. The van der Waals surface area contributed by atoms with Gasteiger partial charge in [0.2, 0.25) is 10.0 Å². The van der Waals surface area contributed by atoms with E-state index in [2.05, 4.69) is 5.32 Å². The molecule has 0 spiro atoms. The van der Waals surface area contributed by atoms with Crippen molar-refractivity contribution >= 4 is 39.2 Å². The number of hydrogen-bond donors (Lipinski definition) is 1. The van der Waals surface area contributed by atoms with Crippen molar-refractivity contribution in [2.45, 2.75) is 25.7 Å². The van der Waals surface area contributed by atoms with Crippen molar-refractivity contribution in [1.82, 2.24) is 4.31 Å². The van der Waals surface area contributed by atoms with E-state index in [-0.39, 0.29) is 10.5 Å². The molecule has 9 heteroatoms. The summed E-state index contributed by atoms with van der Waals surface area (Å²) in [6.45, 7) is 5.58. The van der Waals surface area contributed by atoms with Gasteiger partial charge >= 0.3 is 5.97 Å². The lowest BCUT2D eigenvalue weighted by molar-refractivity contribution is -0.119. The normalized spacial score (nSPS) is 11.3. The van der Waals surface area contributed by atoms with Crippen LogP contribution in [0.15, 0.2) is 47.4 Å². The quantitative estimate of drug-likeness (QED) is 0.637. The summed E-state index contributed by atoms with van der Waals surface area (Å²) in [6.07, 6.45) is 0. The number of esters is 1. The maximum Gasteiger partial charge on any atom is 0.338 e. The summed E-state index contributed by atoms with van der Waals surface area (Å²) >= 11 is 6.05. The van der Waals surface area contributed by atoms with Gasteiger partial charge in [0.25, 0.3) is 5.91 Å². The van der Waals surface area contributed by atoms with Crippen LogP contribution in [0.2, 0.25) is 5.02 Å². The fourth-order valence-electron chi connectivity index (χ4n) is 2.60. The van der Waals surface area contributed by atoms with Crippen molar-refractivity contribution in [1.29, 1.82) is 0 Å². The molecule has 2 aromatic carbocycles. The Morgan fingerprint density at radius 2 is 1.69 bits per heavy atom. The van der Waals surface area contributed by atoms with Crippen LogP contribution in [-0.2, 0) is 19.6 Å². The second-order valence-corrected chi connectivity index (χ2v) is 8.57. The zero-order chi connectivity index (χ0) is 21.6. The van der Waals surface area contributed by atoms with Gasteiger partial charge in [-0.1, -0.05) is 31.5 Å². The first-order chi connectivity index (χ1) is 13.7. The lowest BCUT2D eigenvalue weighted by atomic mass is 10.2. The molecule has 0 bridgehead atoms. The van der Waals surface area contributed by atoms with Gasteiger partial charge in [-0.05, 0) is 48.9 Å². The highest BCUT2D eigenvalue weighted by Crippen LogP contribution is 2.22. The third kappa shape index (κ3) is 5.79. The summed E-state index contributed by atoms with van der Waals surface area (Å²) in [4.78, 5) is 24.2. The number of aryl methyl sites for hydroxylation is 1. The summed E-state index contributed by atoms with van der Waals surface area (Å²) in [7, 11) is -3.61. The summed E-state index contributed by atoms with van der Waals surface area (Å²) in [5.41, 5.74) is 1.51.